The van der Waals surface area contributed by atoms with E-state index in [-0.39, 0.29) is 75.9 Å². The smallest absolute Gasteiger partial charge is 0.744 e. The maximum Gasteiger partial charge on any atom is 1.00 e. The molecular formula is C31H20N6Na2O8S. The molecule has 1 aliphatic carbocycles. The van der Waals surface area contributed by atoms with Gasteiger partial charge in [0.2, 0.25) is 10.9 Å². The number of rotatable bonds is 9. The summed E-state index contributed by atoms with van der Waals surface area (Å²) in [5, 5.41) is 22.5. The number of hydrogen-bond acceptors (Lipinski definition) is 14. The van der Waals surface area contributed by atoms with E-state index < -0.39 is 48.6 Å². The summed E-state index contributed by atoms with van der Waals surface area (Å²) < 4.78 is 33.2. The van der Waals surface area contributed by atoms with E-state index in [2.05, 4.69) is 31.6 Å². The molecule has 230 valence electrons. The van der Waals surface area contributed by atoms with E-state index in [1.54, 1.807) is 24.3 Å². The van der Waals surface area contributed by atoms with Gasteiger partial charge in [-0.1, -0.05) is 24.3 Å². The normalized spacial score (nSPS) is 14.1. The van der Waals surface area contributed by atoms with Gasteiger partial charge in [0.25, 0.3) is 0 Å². The number of allylic oxidation sites excluding steroid dienone is 3. The van der Waals surface area contributed by atoms with Crippen LogP contribution >= 0.6 is 0 Å². The van der Waals surface area contributed by atoms with Gasteiger partial charge in [0.05, 0.1) is 33.6 Å². The predicted octanol–water partition coefficient (Wildman–Crippen LogP) is -5.70. The monoisotopic (exact) mass is 682 g/mol. The standard InChI is InChI=1S/C31H22N6O8S.2Na/c38-27-15-11-23(17-25(27)31(41)42)35-32-20-5-1-18(2-6-20)19-3-7-21(8-4-19)33-36-26-14-16-28(39)29(30(26)40)37-34-22-9-12-24(13-10-22)46(43,44)45;;/h1-17,32-34H,(H,41,42)(H,43,44,45);;/q;2*+1/p-2/b35-23+,36-26+,37-29+;;. The molecule has 48 heavy (non-hydrogen) atoms. The van der Waals surface area contributed by atoms with Crippen molar-refractivity contribution >= 4 is 44.6 Å². The third-order valence-electron chi connectivity index (χ3n) is 6.42. The fraction of sp³-hybridized carbons (Fsp3) is 0. The van der Waals surface area contributed by atoms with E-state index in [0.29, 0.717) is 11.4 Å². The number of ketones is 1. The molecule has 5 rings (SSSR count). The Kier molecular flexibility index (Phi) is 13.2. The fourth-order valence-corrected chi connectivity index (χ4v) is 4.50. The predicted molar refractivity (Wildman–Crippen MR) is 164 cm³/mol. The molecular weight excluding hydrogens is 662 g/mol. The van der Waals surface area contributed by atoms with Crippen LogP contribution in [0.25, 0.3) is 11.1 Å². The molecule has 1 aliphatic rings. The van der Waals surface area contributed by atoms with Gasteiger partial charge in [-0.25, -0.2) is 8.42 Å². The van der Waals surface area contributed by atoms with Gasteiger partial charge in [-0.05, 0) is 90.0 Å². The minimum absolute atomic E-state index is 0. The molecule has 0 fully saturated rings. The summed E-state index contributed by atoms with van der Waals surface area (Å²) in [5.74, 6) is -2.24. The number of nitrogens with zero attached hydrogens (tertiary/aromatic N) is 3. The third-order valence-corrected chi connectivity index (χ3v) is 7.27. The van der Waals surface area contributed by atoms with Gasteiger partial charge in [-0.3, -0.25) is 30.7 Å². The van der Waals surface area contributed by atoms with Crippen LogP contribution in [0.15, 0.2) is 139 Å². The van der Waals surface area contributed by atoms with E-state index in [1.807, 2.05) is 24.3 Å². The number of hydrogen-bond donors (Lipinski definition) is 3. The van der Waals surface area contributed by atoms with Crippen molar-refractivity contribution < 1.29 is 86.8 Å². The van der Waals surface area contributed by atoms with E-state index >= 15 is 0 Å². The summed E-state index contributed by atoms with van der Waals surface area (Å²) >= 11 is 0. The Labute approximate surface area is 316 Å². The minimum atomic E-state index is -4.62. The summed E-state index contributed by atoms with van der Waals surface area (Å²) in [6, 6.07) is 21.4. The van der Waals surface area contributed by atoms with Crippen LogP contribution in [-0.4, -0.2) is 30.4 Å². The number of carboxylic acid groups (broad SMARTS) is 1. The summed E-state index contributed by atoms with van der Waals surface area (Å²) in [6.07, 6.45) is 3.62. The zero-order valence-electron chi connectivity index (χ0n) is 25.3. The topological polar surface area (TPSA) is 222 Å². The average Bonchev–Trinajstić information content (AvgIpc) is 3.04. The number of hydrazone groups is 1. The molecule has 0 aliphatic heterocycles. The SMILES string of the molecule is O=C([O-])C1=C/C(=N/Nc2ccc(-c3ccc(N/N=c4\ccc(=O)/c(=N\Nc5ccc(S(=O)(=O)[O-])cc5)c4=O)cc3)cc2)C=CC1=O.[Na+].[Na+]. The first kappa shape index (κ1) is 38.1. The molecule has 0 atom stereocenters. The number of benzene rings is 4. The van der Waals surface area contributed by atoms with Crippen LogP contribution in [-0.2, 0) is 19.7 Å². The number of carbonyl (C=O) groups excluding carboxylic acids is 2. The Morgan fingerprint density at radius 1 is 0.646 bits per heavy atom. The Morgan fingerprint density at radius 2 is 1.15 bits per heavy atom. The van der Waals surface area contributed by atoms with Gasteiger partial charge < -0.3 is 14.5 Å². The number of anilines is 3. The molecule has 0 amide bonds. The van der Waals surface area contributed by atoms with Gasteiger partial charge in [0.1, 0.15) is 15.5 Å². The first-order chi connectivity index (χ1) is 22.0. The molecule has 0 heterocycles. The number of nitrogens with one attached hydrogen (secondary N) is 3. The summed E-state index contributed by atoms with van der Waals surface area (Å²) in [5.41, 5.74) is 9.59. The molecule has 0 aromatic heterocycles. The van der Waals surface area contributed by atoms with Gasteiger partial charge in [-0.15, -0.1) is 0 Å². The van der Waals surface area contributed by atoms with Gasteiger partial charge in [0, 0.05) is 5.57 Å². The Bertz CT molecular complexity index is 2280. The average molecular weight is 683 g/mol. The molecule has 0 saturated carbocycles. The summed E-state index contributed by atoms with van der Waals surface area (Å²) in [7, 11) is -4.62. The molecule has 3 N–H and O–H groups in total. The second kappa shape index (κ2) is 16.7. The second-order valence-electron chi connectivity index (χ2n) is 9.53. The van der Waals surface area contributed by atoms with E-state index in [9.17, 15) is 37.3 Å². The molecule has 0 saturated heterocycles. The second-order valence-corrected chi connectivity index (χ2v) is 10.9. The van der Waals surface area contributed by atoms with Crippen LogP contribution in [0.5, 0.6) is 0 Å². The maximum absolute atomic E-state index is 12.8. The van der Waals surface area contributed by atoms with Crippen LogP contribution in [0.3, 0.4) is 0 Å². The Hall–Kier alpha value is -4.32. The molecule has 17 heteroatoms. The van der Waals surface area contributed by atoms with Crippen molar-refractivity contribution in [3.63, 3.8) is 0 Å². The first-order valence-electron chi connectivity index (χ1n) is 13.2. The van der Waals surface area contributed by atoms with Gasteiger partial charge >= 0.3 is 59.1 Å². The van der Waals surface area contributed by atoms with Crippen LogP contribution in [0.2, 0.25) is 0 Å². The molecule has 0 unspecified atom stereocenters. The largest absolute Gasteiger partial charge is 1.00 e. The molecule has 0 radical (unpaired) electrons. The quantitative estimate of drug-likeness (QED) is 0.0496. The maximum atomic E-state index is 12.8. The number of aliphatic carboxylic acids is 1. The van der Waals surface area contributed by atoms with Crippen molar-refractivity contribution in [3.8, 4) is 11.1 Å². The third kappa shape index (κ3) is 9.62. The Morgan fingerprint density at radius 3 is 1.67 bits per heavy atom. The van der Waals surface area contributed by atoms with E-state index in [1.165, 1.54) is 24.3 Å². The summed E-state index contributed by atoms with van der Waals surface area (Å²) in [6.45, 7) is 0. The molecule has 4 aromatic rings. The molecule has 14 nitrogen and oxygen atoms in total. The number of carbonyl (C=O) groups is 2. The van der Waals surface area contributed by atoms with Crippen molar-refractivity contribution in [2.45, 2.75) is 4.90 Å². The summed E-state index contributed by atoms with van der Waals surface area (Å²) in [4.78, 5) is 47.3. The fourth-order valence-electron chi connectivity index (χ4n) is 4.03. The Balaban J connectivity index is 0.00000312. The zero-order chi connectivity index (χ0) is 32.8. The van der Waals surface area contributed by atoms with E-state index in [0.717, 1.165) is 41.5 Å². The van der Waals surface area contributed by atoms with Crippen molar-refractivity contribution in [1.82, 2.24) is 0 Å². The first-order valence-corrected chi connectivity index (χ1v) is 14.6. The van der Waals surface area contributed by atoms with Crippen LogP contribution in [0.1, 0.15) is 0 Å². The van der Waals surface area contributed by atoms with Crippen LogP contribution in [0.4, 0.5) is 17.1 Å². The minimum Gasteiger partial charge on any atom is -0.744 e. The molecule has 4 aromatic carbocycles. The molecule has 0 spiro atoms. The van der Waals surface area contributed by atoms with Crippen LogP contribution in [0, 0.1) is 0 Å². The van der Waals surface area contributed by atoms with E-state index in [4.69, 9.17) is 0 Å². The number of carboxylic acids is 1. The van der Waals surface area contributed by atoms with Gasteiger partial charge in [0.15, 0.2) is 11.1 Å². The van der Waals surface area contributed by atoms with Crippen molar-refractivity contribution in [2.75, 3.05) is 16.3 Å². The van der Waals surface area contributed by atoms with Crippen molar-refractivity contribution in [3.05, 3.63) is 140 Å². The van der Waals surface area contributed by atoms with Gasteiger partial charge in [-0.2, -0.15) is 15.3 Å². The van der Waals surface area contributed by atoms with Crippen molar-refractivity contribution in [2.24, 2.45) is 15.3 Å². The van der Waals surface area contributed by atoms with Crippen molar-refractivity contribution in [1.29, 1.82) is 0 Å². The molecule has 0 bridgehead atoms. The van der Waals surface area contributed by atoms with Crippen LogP contribution < -0.4 is 102 Å². The zero-order valence-corrected chi connectivity index (χ0v) is 30.1.